The number of ether oxygens (including phenoxy) is 1. The molecule has 0 aliphatic rings. The lowest BCUT2D eigenvalue weighted by atomic mass is 10.1. The first-order valence-electron chi connectivity index (χ1n) is 5.93. The maximum Gasteiger partial charge on any atom is 0.335 e. The van der Waals surface area contributed by atoms with Gasteiger partial charge in [0.1, 0.15) is 0 Å². The molecule has 98 valence electrons. The van der Waals surface area contributed by atoms with Crippen LogP contribution < -0.4 is 5.43 Å². The van der Waals surface area contributed by atoms with Gasteiger partial charge in [0.25, 0.3) is 0 Å². The number of nitrogens with zero attached hydrogens (tertiary/aromatic N) is 1. The van der Waals surface area contributed by atoms with Gasteiger partial charge < -0.3 is 10.2 Å². The molecule has 0 spiro atoms. The van der Waals surface area contributed by atoms with Crippen LogP contribution in [0.25, 0.3) is 5.70 Å². The van der Waals surface area contributed by atoms with Crippen molar-refractivity contribution in [3.63, 3.8) is 0 Å². The predicted molar refractivity (Wildman–Crippen MR) is 72.5 cm³/mol. The highest BCUT2D eigenvalue weighted by atomic mass is 16.5. The summed E-state index contributed by atoms with van der Waals surface area (Å²) < 4.78 is 5.03. The minimum absolute atomic E-state index is 0.300. The molecule has 0 bridgehead atoms. The zero-order valence-corrected chi connectivity index (χ0v) is 11.4. The lowest BCUT2D eigenvalue weighted by Gasteiger charge is -2.19. The van der Waals surface area contributed by atoms with E-state index in [0.717, 1.165) is 11.3 Å². The standard InChI is InChI=1S/C14H20N2O2/c1-5-18-14(17)11(2)13(15-16(3)4)12-9-7-6-8-10-12/h6-10,15H,5H2,1-4H3/b13-11+. The van der Waals surface area contributed by atoms with E-state index in [0.29, 0.717) is 12.2 Å². The number of esters is 1. The average molecular weight is 248 g/mol. The molecule has 0 atom stereocenters. The number of rotatable bonds is 5. The van der Waals surface area contributed by atoms with Gasteiger partial charge in [-0.25, -0.2) is 9.80 Å². The van der Waals surface area contributed by atoms with Crippen LogP contribution in [0.1, 0.15) is 19.4 Å². The van der Waals surface area contributed by atoms with Gasteiger partial charge in [-0.05, 0) is 19.4 Å². The number of carbonyl (C=O) groups is 1. The van der Waals surface area contributed by atoms with E-state index in [1.54, 1.807) is 18.9 Å². The number of hydrogen-bond donors (Lipinski definition) is 1. The molecule has 0 amide bonds. The van der Waals surface area contributed by atoms with Crippen LogP contribution in [-0.4, -0.2) is 31.7 Å². The van der Waals surface area contributed by atoms with E-state index in [4.69, 9.17) is 4.74 Å². The Labute approximate surface area is 108 Å². The van der Waals surface area contributed by atoms with Crippen molar-refractivity contribution in [2.45, 2.75) is 13.8 Å². The van der Waals surface area contributed by atoms with Crippen molar-refractivity contribution in [1.29, 1.82) is 0 Å². The second kappa shape index (κ2) is 6.81. The maximum atomic E-state index is 11.8. The van der Waals surface area contributed by atoms with Gasteiger partial charge in [-0.2, -0.15) is 0 Å². The summed E-state index contributed by atoms with van der Waals surface area (Å²) in [4.78, 5) is 11.8. The molecular weight excluding hydrogens is 228 g/mol. The van der Waals surface area contributed by atoms with Gasteiger partial charge in [0.2, 0.25) is 0 Å². The minimum Gasteiger partial charge on any atom is -0.463 e. The summed E-state index contributed by atoms with van der Waals surface area (Å²) in [5.41, 5.74) is 5.43. The van der Waals surface area contributed by atoms with Crippen molar-refractivity contribution in [3.8, 4) is 0 Å². The monoisotopic (exact) mass is 248 g/mol. The van der Waals surface area contributed by atoms with Crippen LogP contribution in [0.3, 0.4) is 0 Å². The molecule has 0 radical (unpaired) electrons. The number of benzene rings is 1. The minimum atomic E-state index is -0.300. The van der Waals surface area contributed by atoms with Gasteiger partial charge in [0, 0.05) is 14.1 Å². The summed E-state index contributed by atoms with van der Waals surface area (Å²) in [6.07, 6.45) is 0. The summed E-state index contributed by atoms with van der Waals surface area (Å²) in [5, 5.41) is 1.80. The molecule has 1 N–H and O–H groups in total. The molecule has 0 aliphatic carbocycles. The molecule has 0 saturated carbocycles. The SMILES string of the molecule is CCOC(=O)/C(C)=C(/NN(C)C)c1ccccc1. The predicted octanol–water partition coefficient (Wildman–Crippen LogP) is 2.05. The maximum absolute atomic E-state index is 11.8. The van der Waals surface area contributed by atoms with Gasteiger partial charge in [-0.1, -0.05) is 30.3 Å². The van der Waals surface area contributed by atoms with Crippen LogP contribution in [0.15, 0.2) is 35.9 Å². The molecule has 0 heterocycles. The lowest BCUT2D eigenvalue weighted by Crippen LogP contribution is -2.30. The van der Waals surface area contributed by atoms with Crippen molar-refractivity contribution in [2.24, 2.45) is 0 Å². The topological polar surface area (TPSA) is 41.6 Å². The van der Waals surface area contributed by atoms with Gasteiger partial charge in [-0.15, -0.1) is 0 Å². The first kappa shape index (κ1) is 14.3. The Morgan fingerprint density at radius 1 is 1.28 bits per heavy atom. The van der Waals surface area contributed by atoms with E-state index in [1.807, 2.05) is 44.4 Å². The van der Waals surface area contributed by atoms with Crippen molar-refractivity contribution in [1.82, 2.24) is 10.4 Å². The van der Waals surface area contributed by atoms with E-state index < -0.39 is 0 Å². The van der Waals surface area contributed by atoms with Crippen molar-refractivity contribution >= 4 is 11.7 Å². The van der Waals surface area contributed by atoms with Crippen LogP contribution in [0.5, 0.6) is 0 Å². The summed E-state index contributed by atoms with van der Waals surface area (Å²) in [7, 11) is 3.75. The second-order valence-electron chi connectivity index (χ2n) is 4.09. The fourth-order valence-electron chi connectivity index (χ4n) is 1.53. The Bertz CT molecular complexity index is 425. The Morgan fingerprint density at radius 2 is 1.89 bits per heavy atom. The highest BCUT2D eigenvalue weighted by Gasteiger charge is 2.13. The number of hydrogen-bond acceptors (Lipinski definition) is 4. The Morgan fingerprint density at radius 3 is 2.39 bits per heavy atom. The molecule has 4 nitrogen and oxygen atoms in total. The number of carbonyl (C=O) groups excluding carboxylic acids is 1. The summed E-state index contributed by atoms with van der Waals surface area (Å²) in [5.74, 6) is -0.300. The molecule has 18 heavy (non-hydrogen) atoms. The summed E-state index contributed by atoms with van der Waals surface area (Å²) in [6, 6.07) is 9.72. The molecule has 0 unspecified atom stereocenters. The third-order valence-electron chi connectivity index (χ3n) is 2.35. The molecule has 0 aliphatic heterocycles. The van der Waals surface area contributed by atoms with E-state index in [-0.39, 0.29) is 5.97 Å². The molecule has 0 fully saturated rings. The van der Waals surface area contributed by atoms with E-state index >= 15 is 0 Å². The lowest BCUT2D eigenvalue weighted by molar-refractivity contribution is -0.138. The highest BCUT2D eigenvalue weighted by Crippen LogP contribution is 2.17. The van der Waals surface area contributed by atoms with E-state index in [1.165, 1.54) is 0 Å². The molecule has 1 rings (SSSR count). The van der Waals surface area contributed by atoms with Gasteiger partial charge in [-0.3, -0.25) is 0 Å². The van der Waals surface area contributed by atoms with Crippen LogP contribution >= 0.6 is 0 Å². The molecule has 4 heteroatoms. The smallest absolute Gasteiger partial charge is 0.335 e. The van der Waals surface area contributed by atoms with Crippen molar-refractivity contribution < 1.29 is 9.53 Å². The number of nitrogens with one attached hydrogen (secondary N) is 1. The van der Waals surface area contributed by atoms with Crippen LogP contribution in [0.4, 0.5) is 0 Å². The normalized spacial score (nSPS) is 12.1. The Balaban J connectivity index is 3.12. The molecule has 1 aromatic carbocycles. The largest absolute Gasteiger partial charge is 0.463 e. The third-order valence-corrected chi connectivity index (χ3v) is 2.35. The quantitative estimate of drug-likeness (QED) is 0.492. The first-order valence-corrected chi connectivity index (χ1v) is 5.93. The second-order valence-corrected chi connectivity index (χ2v) is 4.09. The van der Waals surface area contributed by atoms with E-state index in [2.05, 4.69) is 5.43 Å². The molecule has 0 saturated heterocycles. The fourth-order valence-corrected chi connectivity index (χ4v) is 1.53. The zero-order chi connectivity index (χ0) is 13.5. The Kier molecular flexibility index (Phi) is 5.39. The molecule has 0 aromatic heterocycles. The van der Waals surface area contributed by atoms with Gasteiger partial charge in [0.15, 0.2) is 0 Å². The van der Waals surface area contributed by atoms with Crippen LogP contribution in [-0.2, 0) is 9.53 Å². The van der Waals surface area contributed by atoms with Gasteiger partial charge in [0.05, 0.1) is 17.9 Å². The average Bonchev–Trinajstić information content (AvgIpc) is 2.36. The van der Waals surface area contributed by atoms with E-state index in [9.17, 15) is 4.79 Å². The van der Waals surface area contributed by atoms with Crippen LogP contribution in [0.2, 0.25) is 0 Å². The van der Waals surface area contributed by atoms with Crippen molar-refractivity contribution in [2.75, 3.05) is 20.7 Å². The molecular formula is C14H20N2O2. The fraction of sp³-hybridized carbons (Fsp3) is 0.357. The Hall–Kier alpha value is -1.81. The van der Waals surface area contributed by atoms with Crippen molar-refractivity contribution in [3.05, 3.63) is 41.5 Å². The summed E-state index contributed by atoms with van der Waals surface area (Å²) >= 11 is 0. The number of hydrazine groups is 1. The first-order chi connectivity index (χ1) is 8.56. The zero-order valence-electron chi connectivity index (χ0n) is 11.4. The third kappa shape index (κ3) is 3.89. The van der Waals surface area contributed by atoms with Gasteiger partial charge >= 0.3 is 5.97 Å². The van der Waals surface area contributed by atoms with Crippen LogP contribution in [0, 0.1) is 0 Å². The molecule has 1 aromatic rings. The summed E-state index contributed by atoms with van der Waals surface area (Å²) in [6.45, 7) is 3.93. The highest BCUT2D eigenvalue weighted by molar-refractivity contribution is 5.96.